The van der Waals surface area contributed by atoms with Crippen LogP contribution in [0.2, 0.25) is 0 Å². The van der Waals surface area contributed by atoms with Gasteiger partial charge in [-0.1, -0.05) is 35.0 Å². The lowest BCUT2D eigenvalue weighted by molar-refractivity contribution is 0.579. The van der Waals surface area contributed by atoms with Crippen LogP contribution in [-0.2, 0) is 23.1 Å². The number of thiophene rings is 1. The fourth-order valence-electron chi connectivity index (χ4n) is 1.84. The van der Waals surface area contributed by atoms with E-state index >= 15 is 0 Å². The van der Waals surface area contributed by atoms with Crippen molar-refractivity contribution < 1.29 is 8.42 Å². The van der Waals surface area contributed by atoms with Crippen LogP contribution in [0.3, 0.4) is 0 Å². The summed E-state index contributed by atoms with van der Waals surface area (Å²) in [7, 11) is -3.48. The predicted octanol–water partition coefficient (Wildman–Crippen LogP) is 3.10. The lowest BCUT2D eigenvalue weighted by atomic mass is 10.2. The van der Waals surface area contributed by atoms with E-state index in [1.54, 1.807) is 11.4 Å². The summed E-state index contributed by atoms with van der Waals surface area (Å²) in [5, 5.41) is 4.96. The summed E-state index contributed by atoms with van der Waals surface area (Å²) in [6.07, 6.45) is 0. The minimum absolute atomic E-state index is 0.276. The first kappa shape index (κ1) is 16.6. The van der Waals surface area contributed by atoms with Gasteiger partial charge in [0.15, 0.2) is 0 Å². The highest BCUT2D eigenvalue weighted by atomic mass is 79.9. The molecule has 0 radical (unpaired) electrons. The average molecular weight is 389 g/mol. The van der Waals surface area contributed by atoms with Gasteiger partial charge >= 0.3 is 0 Å². The van der Waals surface area contributed by atoms with E-state index in [1.165, 1.54) is 11.3 Å². The van der Waals surface area contributed by atoms with Crippen LogP contribution in [0.4, 0.5) is 0 Å². The predicted molar refractivity (Wildman–Crippen MR) is 89.9 cm³/mol. The third-order valence-electron chi connectivity index (χ3n) is 2.88. The third kappa shape index (κ3) is 4.62. The molecule has 1 heterocycles. The smallest absolute Gasteiger partial charge is 0.242 e. The fourth-order valence-corrected chi connectivity index (χ4v) is 4.71. The van der Waals surface area contributed by atoms with Crippen molar-refractivity contribution in [1.29, 1.82) is 0 Å². The summed E-state index contributed by atoms with van der Waals surface area (Å²) in [5.74, 6) is 0. The second-order valence-electron chi connectivity index (χ2n) is 4.44. The number of halogens is 1. The molecule has 2 aromatic rings. The van der Waals surface area contributed by atoms with Crippen molar-refractivity contribution >= 4 is 37.3 Å². The van der Waals surface area contributed by atoms with Crippen molar-refractivity contribution in [3.63, 3.8) is 0 Å². The Hall–Kier alpha value is -0.730. The Morgan fingerprint density at radius 1 is 1.24 bits per heavy atom. The standard InChI is InChI=1S/C14H17BrN2O2S2/c1-2-16-10-13-14(6-7-20-13)21(18,19)17-9-11-4-3-5-12(15)8-11/h3-8,16-17H,2,9-10H2,1H3. The topological polar surface area (TPSA) is 58.2 Å². The van der Waals surface area contributed by atoms with Gasteiger partial charge in [-0.3, -0.25) is 0 Å². The molecule has 0 saturated carbocycles. The van der Waals surface area contributed by atoms with Gasteiger partial charge in [-0.05, 0) is 35.7 Å². The zero-order valence-corrected chi connectivity index (χ0v) is 14.8. The highest BCUT2D eigenvalue weighted by Crippen LogP contribution is 2.22. The van der Waals surface area contributed by atoms with Crippen molar-refractivity contribution in [2.24, 2.45) is 0 Å². The van der Waals surface area contributed by atoms with E-state index in [9.17, 15) is 8.42 Å². The van der Waals surface area contributed by atoms with Gasteiger partial charge in [-0.25, -0.2) is 13.1 Å². The van der Waals surface area contributed by atoms with Crippen molar-refractivity contribution in [3.05, 3.63) is 50.6 Å². The Bertz CT molecular complexity index is 699. The summed E-state index contributed by atoms with van der Waals surface area (Å²) < 4.78 is 28.4. The molecular formula is C14H17BrN2O2S2. The third-order valence-corrected chi connectivity index (χ3v) is 5.91. The van der Waals surface area contributed by atoms with E-state index in [4.69, 9.17) is 0 Å². The average Bonchev–Trinajstić information content (AvgIpc) is 2.92. The molecule has 21 heavy (non-hydrogen) atoms. The molecule has 0 aliphatic carbocycles. The van der Waals surface area contributed by atoms with Crippen LogP contribution in [0, 0.1) is 0 Å². The van der Waals surface area contributed by atoms with Crippen molar-refractivity contribution in [2.75, 3.05) is 6.54 Å². The number of sulfonamides is 1. The Morgan fingerprint density at radius 3 is 2.76 bits per heavy atom. The van der Waals surface area contributed by atoms with Gasteiger partial charge in [0.05, 0.1) is 4.90 Å². The minimum Gasteiger partial charge on any atom is -0.312 e. The molecule has 0 spiro atoms. The van der Waals surface area contributed by atoms with E-state index in [0.717, 1.165) is 21.5 Å². The maximum Gasteiger partial charge on any atom is 0.242 e. The van der Waals surface area contributed by atoms with Gasteiger partial charge in [-0.2, -0.15) is 0 Å². The molecule has 0 unspecified atom stereocenters. The van der Waals surface area contributed by atoms with Crippen LogP contribution in [0.25, 0.3) is 0 Å². The highest BCUT2D eigenvalue weighted by molar-refractivity contribution is 9.10. The van der Waals surface area contributed by atoms with Crippen LogP contribution in [0.1, 0.15) is 17.4 Å². The van der Waals surface area contributed by atoms with Gasteiger partial charge in [0.25, 0.3) is 0 Å². The van der Waals surface area contributed by atoms with Crippen LogP contribution >= 0.6 is 27.3 Å². The summed E-state index contributed by atoms with van der Waals surface area (Å²) in [5.41, 5.74) is 0.913. The quantitative estimate of drug-likeness (QED) is 0.765. The van der Waals surface area contributed by atoms with Crippen LogP contribution in [0.15, 0.2) is 45.1 Å². The molecule has 0 aliphatic heterocycles. The van der Waals surface area contributed by atoms with Gasteiger partial charge in [0, 0.05) is 22.4 Å². The van der Waals surface area contributed by atoms with Gasteiger partial charge in [-0.15, -0.1) is 11.3 Å². The summed E-state index contributed by atoms with van der Waals surface area (Å²) in [6.45, 7) is 3.65. The monoisotopic (exact) mass is 388 g/mol. The van der Waals surface area contributed by atoms with E-state index in [0.29, 0.717) is 11.4 Å². The first-order valence-electron chi connectivity index (χ1n) is 6.54. The zero-order valence-electron chi connectivity index (χ0n) is 11.6. The molecule has 0 atom stereocenters. The number of nitrogens with one attached hydrogen (secondary N) is 2. The summed E-state index contributed by atoms with van der Waals surface area (Å²) >= 11 is 4.83. The van der Waals surface area contributed by atoms with Gasteiger partial charge in [0.1, 0.15) is 0 Å². The summed E-state index contributed by atoms with van der Waals surface area (Å²) in [6, 6.07) is 9.23. The lowest BCUT2D eigenvalue weighted by Crippen LogP contribution is -2.24. The second-order valence-corrected chi connectivity index (χ2v) is 8.09. The number of hydrogen-bond donors (Lipinski definition) is 2. The Kier molecular flexibility index (Phi) is 5.95. The molecule has 0 bridgehead atoms. The van der Waals surface area contributed by atoms with Crippen molar-refractivity contribution in [1.82, 2.24) is 10.0 Å². The normalized spacial score (nSPS) is 11.7. The fraction of sp³-hybridized carbons (Fsp3) is 0.286. The molecular weight excluding hydrogens is 372 g/mol. The molecule has 0 fully saturated rings. The first-order chi connectivity index (χ1) is 10.0. The molecule has 1 aromatic carbocycles. The van der Waals surface area contributed by atoms with E-state index in [2.05, 4.69) is 26.0 Å². The molecule has 7 heteroatoms. The lowest BCUT2D eigenvalue weighted by Gasteiger charge is -2.08. The molecule has 4 nitrogen and oxygen atoms in total. The Morgan fingerprint density at radius 2 is 2.05 bits per heavy atom. The van der Waals surface area contributed by atoms with Gasteiger partial charge < -0.3 is 5.32 Å². The molecule has 114 valence electrons. The van der Waals surface area contributed by atoms with Crippen molar-refractivity contribution in [3.8, 4) is 0 Å². The molecule has 0 amide bonds. The highest BCUT2D eigenvalue weighted by Gasteiger charge is 2.19. The molecule has 2 rings (SSSR count). The van der Waals surface area contributed by atoms with Crippen molar-refractivity contribution in [2.45, 2.75) is 24.9 Å². The van der Waals surface area contributed by atoms with E-state index in [1.807, 2.05) is 31.2 Å². The molecule has 1 aromatic heterocycles. The minimum atomic E-state index is -3.48. The van der Waals surface area contributed by atoms with E-state index < -0.39 is 10.0 Å². The number of benzene rings is 1. The zero-order chi connectivity index (χ0) is 15.3. The second kappa shape index (κ2) is 7.51. The molecule has 0 aliphatic rings. The van der Waals surface area contributed by atoms with E-state index in [-0.39, 0.29) is 6.54 Å². The largest absolute Gasteiger partial charge is 0.312 e. The number of hydrogen-bond acceptors (Lipinski definition) is 4. The SMILES string of the molecule is CCNCc1sccc1S(=O)(=O)NCc1cccc(Br)c1. The first-order valence-corrected chi connectivity index (χ1v) is 9.69. The maximum atomic E-state index is 12.4. The van der Waals surface area contributed by atoms with Gasteiger partial charge in [0.2, 0.25) is 10.0 Å². The molecule has 2 N–H and O–H groups in total. The Labute approximate surface area is 137 Å². The summed E-state index contributed by atoms with van der Waals surface area (Å²) in [4.78, 5) is 1.20. The maximum absolute atomic E-state index is 12.4. The Balaban J connectivity index is 2.10. The number of rotatable bonds is 7. The molecule has 0 saturated heterocycles. The van der Waals surface area contributed by atoms with Crippen LogP contribution in [-0.4, -0.2) is 15.0 Å². The van der Waals surface area contributed by atoms with Crippen LogP contribution < -0.4 is 10.0 Å². The van der Waals surface area contributed by atoms with Crippen LogP contribution in [0.5, 0.6) is 0 Å².